The molecule has 0 aliphatic carbocycles. The van der Waals surface area contributed by atoms with Crippen LogP contribution in [0.25, 0.3) is 6.08 Å². The van der Waals surface area contributed by atoms with Crippen LogP contribution in [0.15, 0.2) is 48.7 Å². The zero-order valence-electron chi connectivity index (χ0n) is 18.3. The van der Waals surface area contributed by atoms with Gasteiger partial charge >= 0.3 is 12.0 Å². The van der Waals surface area contributed by atoms with Crippen LogP contribution in [0, 0.1) is 0 Å². The normalized spacial score (nSPS) is 14.3. The van der Waals surface area contributed by atoms with Crippen molar-refractivity contribution in [2.75, 3.05) is 13.2 Å². The van der Waals surface area contributed by atoms with E-state index in [2.05, 4.69) is 11.9 Å². The smallest absolute Gasteiger partial charge is 0.329 e. The van der Waals surface area contributed by atoms with Gasteiger partial charge in [0.05, 0.1) is 6.61 Å². The van der Waals surface area contributed by atoms with E-state index < -0.39 is 24.5 Å². The summed E-state index contributed by atoms with van der Waals surface area (Å²) >= 11 is 12.2. The van der Waals surface area contributed by atoms with Gasteiger partial charge in [0.1, 0.15) is 18.8 Å². The van der Waals surface area contributed by atoms with Crippen molar-refractivity contribution in [2.24, 2.45) is 0 Å². The lowest BCUT2D eigenvalue weighted by molar-refractivity contribution is -0.140. The zero-order valence-corrected chi connectivity index (χ0v) is 19.8. The van der Waals surface area contributed by atoms with E-state index in [0.717, 1.165) is 11.1 Å². The van der Waals surface area contributed by atoms with Crippen LogP contribution in [0.3, 0.4) is 0 Å². The number of carbonyl (C=O) groups excluding carboxylic acids is 2. The Morgan fingerprint density at radius 3 is 2.59 bits per heavy atom. The van der Waals surface area contributed by atoms with E-state index in [1.807, 2.05) is 6.92 Å². The monoisotopic (exact) mass is 504 g/mol. The molecule has 2 aromatic carbocycles. The van der Waals surface area contributed by atoms with Crippen molar-refractivity contribution in [3.05, 3.63) is 75.4 Å². The van der Waals surface area contributed by atoms with E-state index >= 15 is 0 Å². The van der Waals surface area contributed by atoms with E-state index in [0.29, 0.717) is 45.0 Å². The number of hydrogen-bond donors (Lipinski definition) is 2. The van der Waals surface area contributed by atoms with Gasteiger partial charge in [-0.3, -0.25) is 9.59 Å². The topological polar surface area (TPSA) is 105 Å². The lowest BCUT2D eigenvalue weighted by Gasteiger charge is -2.17. The number of halogens is 2. The van der Waals surface area contributed by atoms with Gasteiger partial charge < -0.3 is 19.9 Å². The highest BCUT2D eigenvalue weighted by atomic mass is 35.5. The number of amides is 3. The van der Waals surface area contributed by atoms with Gasteiger partial charge in [0, 0.05) is 21.2 Å². The molecule has 1 heterocycles. The molecular formula is C24H22Cl2N2O6. The minimum Gasteiger partial charge on any atom is -0.490 e. The van der Waals surface area contributed by atoms with E-state index in [-0.39, 0.29) is 12.3 Å². The van der Waals surface area contributed by atoms with Gasteiger partial charge in [0.15, 0.2) is 11.5 Å². The summed E-state index contributed by atoms with van der Waals surface area (Å²) in [6.45, 7) is 5.40. The molecule has 3 rings (SSSR count). The summed E-state index contributed by atoms with van der Waals surface area (Å²) in [6.07, 6.45) is 3.59. The van der Waals surface area contributed by atoms with Crippen LogP contribution in [-0.4, -0.2) is 41.1 Å². The van der Waals surface area contributed by atoms with Crippen molar-refractivity contribution >= 4 is 47.2 Å². The number of allylic oxidation sites excluding steroid dienone is 1. The minimum atomic E-state index is -1.29. The Bertz CT molecular complexity index is 1180. The van der Waals surface area contributed by atoms with Gasteiger partial charge in [-0.1, -0.05) is 35.3 Å². The summed E-state index contributed by atoms with van der Waals surface area (Å²) in [4.78, 5) is 36.0. The molecule has 1 aliphatic rings. The first-order valence-electron chi connectivity index (χ1n) is 10.3. The first kappa shape index (κ1) is 25.1. The van der Waals surface area contributed by atoms with Gasteiger partial charge in [-0.05, 0) is 49.2 Å². The third-order valence-corrected chi connectivity index (χ3v) is 5.36. The van der Waals surface area contributed by atoms with Gasteiger partial charge in [-0.25, -0.2) is 9.69 Å². The molecule has 0 bridgehead atoms. The van der Waals surface area contributed by atoms with Crippen molar-refractivity contribution in [1.29, 1.82) is 0 Å². The zero-order chi connectivity index (χ0) is 24.8. The molecule has 0 unspecified atom stereocenters. The number of benzene rings is 2. The number of carbonyl (C=O) groups is 3. The fraction of sp³-hybridized carbons (Fsp3) is 0.208. The van der Waals surface area contributed by atoms with E-state index in [1.165, 1.54) is 6.08 Å². The number of nitrogens with one attached hydrogen (secondary N) is 1. The summed E-state index contributed by atoms with van der Waals surface area (Å²) in [5.41, 5.74) is 1.98. The maximum absolute atomic E-state index is 12.5. The molecular weight excluding hydrogens is 483 g/mol. The molecule has 1 aliphatic heterocycles. The molecule has 2 aromatic rings. The Morgan fingerprint density at radius 1 is 1.18 bits per heavy atom. The third-order valence-electron chi connectivity index (χ3n) is 4.77. The number of nitrogens with zero attached hydrogens (tertiary/aromatic N) is 1. The molecule has 10 heteroatoms. The molecule has 0 spiro atoms. The predicted octanol–water partition coefficient (Wildman–Crippen LogP) is 4.68. The molecule has 0 saturated carbocycles. The van der Waals surface area contributed by atoms with Crippen LogP contribution >= 0.6 is 23.2 Å². The average molecular weight is 505 g/mol. The Kier molecular flexibility index (Phi) is 8.20. The SMILES string of the molecule is C=CCc1cc(/C=C2/NC(=O)N(CC(=O)O)C2=O)cc(OCC)c1OCc1ccc(Cl)cc1Cl. The quantitative estimate of drug-likeness (QED) is 0.276. The second-order valence-corrected chi connectivity index (χ2v) is 8.07. The number of ether oxygens (including phenoxy) is 2. The van der Waals surface area contributed by atoms with Crippen molar-refractivity contribution < 1.29 is 29.0 Å². The van der Waals surface area contributed by atoms with E-state index in [1.54, 1.807) is 36.4 Å². The standard InChI is InChI=1S/C24H22Cl2N2O6/c1-3-5-15-8-14(9-19-23(31)28(12-21(29)30)24(32)27-19)10-20(33-4-2)22(15)34-13-16-6-7-17(25)11-18(16)26/h3,6-11H,1,4-5,12-13H2,2H3,(H,27,32)(H,29,30)/b19-9+. The maximum Gasteiger partial charge on any atom is 0.329 e. The van der Waals surface area contributed by atoms with Gasteiger partial charge in [-0.15, -0.1) is 6.58 Å². The number of hydrogen-bond acceptors (Lipinski definition) is 5. The Hall–Kier alpha value is -3.49. The molecule has 8 nitrogen and oxygen atoms in total. The van der Waals surface area contributed by atoms with Crippen molar-refractivity contribution in [3.63, 3.8) is 0 Å². The Balaban J connectivity index is 1.95. The molecule has 178 valence electrons. The van der Waals surface area contributed by atoms with Gasteiger partial charge in [0.25, 0.3) is 5.91 Å². The molecule has 0 aromatic heterocycles. The highest BCUT2D eigenvalue weighted by Gasteiger charge is 2.35. The highest BCUT2D eigenvalue weighted by Crippen LogP contribution is 2.36. The van der Waals surface area contributed by atoms with E-state index in [4.69, 9.17) is 37.8 Å². The van der Waals surface area contributed by atoms with Crippen LogP contribution < -0.4 is 14.8 Å². The molecule has 1 saturated heterocycles. The molecule has 0 atom stereocenters. The van der Waals surface area contributed by atoms with Crippen LogP contribution in [-0.2, 0) is 22.6 Å². The molecule has 34 heavy (non-hydrogen) atoms. The van der Waals surface area contributed by atoms with Crippen molar-refractivity contribution in [1.82, 2.24) is 10.2 Å². The Labute approximate surface area is 206 Å². The predicted molar refractivity (Wildman–Crippen MR) is 128 cm³/mol. The largest absolute Gasteiger partial charge is 0.490 e. The first-order valence-corrected chi connectivity index (χ1v) is 11.0. The van der Waals surface area contributed by atoms with Crippen molar-refractivity contribution in [3.8, 4) is 11.5 Å². The van der Waals surface area contributed by atoms with Crippen LogP contribution in [0.2, 0.25) is 10.0 Å². The summed E-state index contributed by atoms with van der Waals surface area (Å²) in [5.74, 6) is -1.10. The summed E-state index contributed by atoms with van der Waals surface area (Å²) in [6, 6.07) is 7.77. The molecule has 2 N–H and O–H groups in total. The minimum absolute atomic E-state index is 0.0418. The molecule has 0 radical (unpaired) electrons. The summed E-state index contributed by atoms with van der Waals surface area (Å²) in [7, 11) is 0. The fourth-order valence-electron chi connectivity index (χ4n) is 3.31. The molecule has 1 fully saturated rings. The summed E-state index contributed by atoms with van der Waals surface area (Å²) in [5, 5.41) is 12.3. The second-order valence-electron chi connectivity index (χ2n) is 7.23. The van der Waals surface area contributed by atoms with Crippen LogP contribution in [0.4, 0.5) is 4.79 Å². The fourth-order valence-corrected chi connectivity index (χ4v) is 3.77. The number of carboxylic acid groups (broad SMARTS) is 1. The van der Waals surface area contributed by atoms with Gasteiger partial charge in [-0.2, -0.15) is 0 Å². The van der Waals surface area contributed by atoms with Crippen LogP contribution in [0.5, 0.6) is 11.5 Å². The van der Waals surface area contributed by atoms with Crippen LogP contribution in [0.1, 0.15) is 23.6 Å². The molecule has 3 amide bonds. The first-order chi connectivity index (χ1) is 16.2. The number of imide groups is 1. The number of urea groups is 1. The summed E-state index contributed by atoms with van der Waals surface area (Å²) < 4.78 is 11.9. The number of carboxylic acids is 1. The lowest BCUT2D eigenvalue weighted by atomic mass is 10.0. The Morgan fingerprint density at radius 2 is 1.94 bits per heavy atom. The van der Waals surface area contributed by atoms with E-state index in [9.17, 15) is 14.4 Å². The number of rotatable bonds is 10. The lowest BCUT2D eigenvalue weighted by Crippen LogP contribution is -2.35. The van der Waals surface area contributed by atoms with Crippen molar-refractivity contribution in [2.45, 2.75) is 20.0 Å². The maximum atomic E-state index is 12.5. The third kappa shape index (κ3) is 5.89. The second kappa shape index (κ2) is 11.1. The average Bonchev–Trinajstić information content (AvgIpc) is 3.02. The number of aliphatic carboxylic acids is 1. The van der Waals surface area contributed by atoms with Gasteiger partial charge in [0.2, 0.25) is 0 Å². The highest BCUT2D eigenvalue weighted by molar-refractivity contribution is 6.35.